The molecule has 2 nitrogen and oxygen atoms in total. The van der Waals surface area contributed by atoms with Gasteiger partial charge in [-0.3, -0.25) is 0 Å². The maximum atomic E-state index is 5.26. The Morgan fingerprint density at radius 2 is 1.08 bits per heavy atom. The van der Waals surface area contributed by atoms with Crippen molar-refractivity contribution >= 4 is 31.9 Å². The van der Waals surface area contributed by atoms with Gasteiger partial charge in [0.2, 0.25) is 0 Å². The van der Waals surface area contributed by atoms with Crippen molar-refractivity contribution in [3.63, 3.8) is 0 Å². The lowest BCUT2D eigenvalue weighted by Gasteiger charge is -2.07. The molecule has 0 saturated heterocycles. The highest BCUT2D eigenvalue weighted by Gasteiger charge is 2.03. The molecule has 0 aliphatic carbocycles. The van der Waals surface area contributed by atoms with Crippen LogP contribution in [0.5, 0.6) is 11.5 Å². The van der Waals surface area contributed by atoms with E-state index >= 15 is 0 Å². The Hall–Kier alpha value is -1.00. The molecule has 2 aromatic rings. The molecule has 130 valence electrons. The molecule has 0 bridgehead atoms. The lowest BCUT2D eigenvalue weighted by atomic mass is 10.0. The molecule has 0 heterocycles. The van der Waals surface area contributed by atoms with Crippen molar-refractivity contribution in [1.82, 2.24) is 0 Å². The molecule has 0 N–H and O–H groups in total. The normalized spacial score (nSPS) is 10.7. The summed E-state index contributed by atoms with van der Waals surface area (Å²) in [6.07, 6.45) is 7.23. The monoisotopic (exact) mass is 454 g/mol. The van der Waals surface area contributed by atoms with E-state index in [4.69, 9.17) is 9.47 Å². The topological polar surface area (TPSA) is 18.5 Å². The SMILES string of the molecule is COc1ccc(CCCCCCc2ccc(OC)c(Br)c2)cc1Br. The van der Waals surface area contributed by atoms with Crippen LogP contribution < -0.4 is 9.47 Å². The van der Waals surface area contributed by atoms with E-state index in [9.17, 15) is 0 Å². The van der Waals surface area contributed by atoms with Crippen LogP contribution in [0.4, 0.5) is 0 Å². The first-order valence-corrected chi connectivity index (χ1v) is 9.87. The zero-order chi connectivity index (χ0) is 17.4. The second kappa shape index (κ2) is 10.1. The Balaban J connectivity index is 1.66. The fourth-order valence-corrected chi connectivity index (χ4v) is 3.92. The van der Waals surface area contributed by atoms with Gasteiger partial charge in [0.05, 0.1) is 23.2 Å². The molecular formula is C20H24Br2O2. The summed E-state index contributed by atoms with van der Waals surface area (Å²) in [5.74, 6) is 1.79. The molecule has 2 aromatic carbocycles. The molecule has 0 aliphatic heterocycles. The second-order valence-corrected chi connectivity index (χ2v) is 7.56. The number of aryl methyl sites for hydroxylation is 2. The van der Waals surface area contributed by atoms with Crippen LogP contribution in [0.2, 0.25) is 0 Å². The number of rotatable bonds is 9. The highest BCUT2D eigenvalue weighted by Crippen LogP contribution is 2.27. The molecule has 0 radical (unpaired) electrons. The predicted molar refractivity (Wildman–Crippen MR) is 107 cm³/mol. The summed E-state index contributed by atoms with van der Waals surface area (Å²) in [6.45, 7) is 0. The van der Waals surface area contributed by atoms with E-state index in [0.717, 1.165) is 33.3 Å². The Bertz CT molecular complexity index is 599. The summed E-state index contributed by atoms with van der Waals surface area (Å²) in [5, 5.41) is 0. The van der Waals surface area contributed by atoms with Crippen molar-refractivity contribution in [3.8, 4) is 11.5 Å². The van der Waals surface area contributed by atoms with Crippen molar-refractivity contribution in [1.29, 1.82) is 0 Å². The third-order valence-electron chi connectivity index (χ3n) is 4.11. The molecule has 0 aromatic heterocycles. The zero-order valence-electron chi connectivity index (χ0n) is 14.3. The Kier molecular flexibility index (Phi) is 8.13. The highest BCUT2D eigenvalue weighted by atomic mass is 79.9. The van der Waals surface area contributed by atoms with Crippen molar-refractivity contribution in [3.05, 3.63) is 56.5 Å². The summed E-state index contributed by atoms with van der Waals surface area (Å²) < 4.78 is 12.6. The Morgan fingerprint density at radius 3 is 1.42 bits per heavy atom. The fraction of sp³-hybridized carbons (Fsp3) is 0.400. The van der Waals surface area contributed by atoms with E-state index < -0.39 is 0 Å². The molecule has 0 unspecified atom stereocenters. The minimum Gasteiger partial charge on any atom is -0.496 e. The van der Waals surface area contributed by atoms with Gasteiger partial charge >= 0.3 is 0 Å². The molecule has 2 rings (SSSR count). The van der Waals surface area contributed by atoms with Gasteiger partial charge in [-0.15, -0.1) is 0 Å². The average Bonchev–Trinajstić information content (AvgIpc) is 2.58. The van der Waals surface area contributed by atoms with Gasteiger partial charge in [-0.05, 0) is 92.9 Å². The van der Waals surface area contributed by atoms with Gasteiger partial charge in [0.1, 0.15) is 11.5 Å². The number of benzene rings is 2. The smallest absolute Gasteiger partial charge is 0.133 e. The van der Waals surface area contributed by atoms with Gasteiger partial charge in [0.15, 0.2) is 0 Å². The molecule has 0 amide bonds. The fourth-order valence-electron chi connectivity index (χ4n) is 2.74. The molecule has 0 fully saturated rings. The Labute approximate surface area is 161 Å². The number of unbranched alkanes of at least 4 members (excludes halogenated alkanes) is 3. The van der Waals surface area contributed by atoms with E-state index in [-0.39, 0.29) is 0 Å². The molecule has 0 spiro atoms. The predicted octanol–water partition coefficient (Wildman–Crippen LogP) is 6.57. The van der Waals surface area contributed by atoms with Crippen LogP contribution >= 0.6 is 31.9 Å². The van der Waals surface area contributed by atoms with Crippen molar-refractivity contribution in [2.75, 3.05) is 14.2 Å². The lowest BCUT2D eigenvalue weighted by molar-refractivity contribution is 0.412. The summed E-state index contributed by atoms with van der Waals surface area (Å²) in [4.78, 5) is 0. The van der Waals surface area contributed by atoms with E-state index in [2.05, 4.69) is 56.1 Å². The van der Waals surface area contributed by atoms with Gasteiger partial charge in [-0.2, -0.15) is 0 Å². The van der Waals surface area contributed by atoms with Gasteiger partial charge < -0.3 is 9.47 Å². The van der Waals surface area contributed by atoms with Crippen LogP contribution in [-0.4, -0.2) is 14.2 Å². The summed E-state index contributed by atoms with van der Waals surface area (Å²) in [5.41, 5.74) is 2.73. The zero-order valence-corrected chi connectivity index (χ0v) is 17.5. The van der Waals surface area contributed by atoms with Crippen LogP contribution in [0.1, 0.15) is 36.8 Å². The van der Waals surface area contributed by atoms with Gasteiger partial charge in [-0.25, -0.2) is 0 Å². The van der Waals surface area contributed by atoms with Crippen LogP contribution in [0.3, 0.4) is 0 Å². The molecule has 0 atom stereocenters. The minimum atomic E-state index is 0.893. The summed E-state index contributed by atoms with van der Waals surface area (Å²) in [7, 11) is 3.39. The number of hydrogen-bond donors (Lipinski definition) is 0. The molecule has 24 heavy (non-hydrogen) atoms. The first-order chi connectivity index (χ1) is 11.6. The summed E-state index contributed by atoms with van der Waals surface area (Å²) in [6, 6.07) is 12.7. The molecule has 4 heteroatoms. The number of halogens is 2. The molecule has 0 saturated carbocycles. The van der Waals surface area contributed by atoms with Crippen LogP contribution in [0, 0.1) is 0 Å². The third kappa shape index (κ3) is 5.82. The first-order valence-electron chi connectivity index (χ1n) is 8.29. The minimum absolute atomic E-state index is 0.893. The lowest BCUT2D eigenvalue weighted by Crippen LogP contribution is -1.91. The number of methoxy groups -OCH3 is 2. The third-order valence-corrected chi connectivity index (χ3v) is 5.35. The maximum Gasteiger partial charge on any atom is 0.133 e. The number of ether oxygens (including phenoxy) is 2. The van der Waals surface area contributed by atoms with Crippen molar-refractivity contribution in [2.45, 2.75) is 38.5 Å². The van der Waals surface area contributed by atoms with Gasteiger partial charge in [-0.1, -0.05) is 25.0 Å². The number of hydrogen-bond acceptors (Lipinski definition) is 2. The Morgan fingerprint density at radius 1 is 0.667 bits per heavy atom. The molecular weight excluding hydrogens is 432 g/mol. The second-order valence-electron chi connectivity index (χ2n) is 5.85. The van der Waals surface area contributed by atoms with E-state index in [1.807, 2.05) is 12.1 Å². The van der Waals surface area contributed by atoms with Crippen LogP contribution in [0.25, 0.3) is 0 Å². The summed E-state index contributed by atoms with van der Waals surface area (Å²) >= 11 is 7.09. The van der Waals surface area contributed by atoms with Gasteiger partial charge in [0.25, 0.3) is 0 Å². The van der Waals surface area contributed by atoms with E-state index in [1.54, 1.807) is 14.2 Å². The first kappa shape index (κ1) is 19.3. The van der Waals surface area contributed by atoms with E-state index in [0.29, 0.717) is 0 Å². The largest absolute Gasteiger partial charge is 0.496 e. The highest BCUT2D eigenvalue weighted by molar-refractivity contribution is 9.10. The van der Waals surface area contributed by atoms with Crippen molar-refractivity contribution < 1.29 is 9.47 Å². The average molecular weight is 456 g/mol. The van der Waals surface area contributed by atoms with Crippen molar-refractivity contribution in [2.24, 2.45) is 0 Å². The van der Waals surface area contributed by atoms with Gasteiger partial charge in [0, 0.05) is 0 Å². The maximum absolute atomic E-state index is 5.26. The molecule has 0 aliphatic rings. The standard InChI is InChI=1S/C20H24Br2O2/c1-23-19-11-9-15(13-17(19)21)7-5-3-4-6-8-16-10-12-20(24-2)18(22)14-16/h9-14H,3-8H2,1-2H3. The van der Waals surface area contributed by atoms with Crippen LogP contribution in [-0.2, 0) is 12.8 Å². The van der Waals surface area contributed by atoms with Crippen LogP contribution in [0.15, 0.2) is 45.3 Å². The van der Waals surface area contributed by atoms with E-state index in [1.165, 1.54) is 36.8 Å². The quantitative estimate of drug-likeness (QED) is 0.398.